The van der Waals surface area contributed by atoms with Crippen LogP contribution in [0.15, 0.2) is 41.8 Å². The van der Waals surface area contributed by atoms with Crippen molar-refractivity contribution in [2.45, 2.75) is 31.2 Å². The van der Waals surface area contributed by atoms with Crippen molar-refractivity contribution in [3.8, 4) is 0 Å². The maximum Gasteiger partial charge on any atom is 0.319 e. The second-order valence-electron chi connectivity index (χ2n) is 5.01. The van der Waals surface area contributed by atoms with Gasteiger partial charge in [0.05, 0.1) is 4.90 Å². The van der Waals surface area contributed by atoms with E-state index in [1.54, 1.807) is 12.1 Å². The standard InChI is InChI=1S/C15H23N3O3S/c1-5-11-18(4)22(20,21)14-9-7-13(8-10-14)17-15(19)16-12(3)6-2/h5,7-10,12H,1,6,11H2,2-4H3,(H2,16,17,19)/t12-/m1/s1. The second kappa shape index (κ2) is 7.95. The summed E-state index contributed by atoms with van der Waals surface area (Å²) in [4.78, 5) is 11.9. The van der Waals surface area contributed by atoms with Crippen molar-refractivity contribution in [3.05, 3.63) is 36.9 Å². The van der Waals surface area contributed by atoms with Gasteiger partial charge in [0.1, 0.15) is 0 Å². The lowest BCUT2D eigenvalue weighted by Crippen LogP contribution is -2.35. The summed E-state index contributed by atoms with van der Waals surface area (Å²) < 4.78 is 25.6. The summed E-state index contributed by atoms with van der Waals surface area (Å²) in [6.07, 6.45) is 2.35. The number of likely N-dealkylation sites (N-methyl/N-ethyl adjacent to an activating group) is 1. The number of sulfonamides is 1. The van der Waals surface area contributed by atoms with Crippen LogP contribution in [0.5, 0.6) is 0 Å². The Kier molecular flexibility index (Phi) is 6.58. The van der Waals surface area contributed by atoms with Crippen LogP contribution in [0.2, 0.25) is 0 Å². The third-order valence-electron chi connectivity index (χ3n) is 3.20. The Morgan fingerprint density at radius 1 is 1.36 bits per heavy atom. The average molecular weight is 325 g/mol. The molecule has 6 nitrogen and oxygen atoms in total. The smallest absolute Gasteiger partial charge is 0.319 e. The maximum absolute atomic E-state index is 12.2. The molecule has 0 bridgehead atoms. The van der Waals surface area contributed by atoms with Gasteiger partial charge in [-0.25, -0.2) is 13.2 Å². The molecule has 1 aromatic carbocycles. The molecule has 2 amide bonds. The highest BCUT2D eigenvalue weighted by Gasteiger charge is 2.19. The first-order valence-electron chi connectivity index (χ1n) is 7.06. The zero-order chi connectivity index (χ0) is 16.8. The van der Waals surface area contributed by atoms with Gasteiger partial charge in [-0.3, -0.25) is 0 Å². The fourth-order valence-corrected chi connectivity index (χ4v) is 2.80. The minimum Gasteiger partial charge on any atom is -0.335 e. The minimum atomic E-state index is -3.54. The lowest BCUT2D eigenvalue weighted by molar-refractivity contribution is 0.249. The van der Waals surface area contributed by atoms with Crippen molar-refractivity contribution >= 4 is 21.7 Å². The molecule has 0 saturated heterocycles. The number of nitrogens with one attached hydrogen (secondary N) is 2. The molecule has 122 valence electrons. The molecule has 0 aliphatic carbocycles. The topological polar surface area (TPSA) is 78.5 Å². The zero-order valence-electron chi connectivity index (χ0n) is 13.2. The van der Waals surface area contributed by atoms with Crippen LogP contribution in [0.1, 0.15) is 20.3 Å². The molecule has 0 fully saturated rings. The molecule has 1 atom stereocenters. The molecule has 7 heteroatoms. The average Bonchev–Trinajstić information content (AvgIpc) is 2.47. The number of nitrogens with zero attached hydrogens (tertiary/aromatic N) is 1. The molecule has 0 unspecified atom stereocenters. The van der Waals surface area contributed by atoms with E-state index in [1.807, 2.05) is 13.8 Å². The number of carbonyl (C=O) groups excluding carboxylic acids is 1. The highest BCUT2D eigenvalue weighted by molar-refractivity contribution is 7.89. The summed E-state index contributed by atoms with van der Waals surface area (Å²) in [5.41, 5.74) is 0.533. The normalized spacial score (nSPS) is 12.7. The second-order valence-corrected chi connectivity index (χ2v) is 7.05. The lowest BCUT2D eigenvalue weighted by Gasteiger charge is -2.16. The third kappa shape index (κ3) is 4.85. The van der Waals surface area contributed by atoms with Gasteiger partial charge >= 0.3 is 6.03 Å². The van der Waals surface area contributed by atoms with Gasteiger partial charge in [0.15, 0.2) is 0 Å². The van der Waals surface area contributed by atoms with E-state index in [9.17, 15) is 13.2 Å². The molecule has 0 saturated carbocycles. The van der Waals surface area contributed by atoms with E-state index in [4.69, 9.17) is 0 Å². The SMILES string of the molecule is C=CCN(C)S(=O)(=O)c1ccc(NC(=O)N[C@H](C)CC)cc1. The summed E-state index contributed by atoms with van der Waals surface area (Å²) in [7, 11) is -2.05. The summed E-state index contributed by atoms with van der Waals surface area (Å²) >= 11 is 0. The fourth-order valence-electron chi connectivity index (χ4n) is 1.66. The van der Waals surface area contributed by atoms with Crippen LogP contribution in [0.4, 0.5) is 10.5 Å². The van der Waals surface area contributed by atoms with E-state index in [1.165, 1.54) is 29.6 Å². The predicted octanol–water partition coefficient (Wildman–Crippen LogP) is 2.41. The maximum atomic E-state index is 12.2. The number of urea groups is 1. The van der Waals surface area contributed by atoms with Crippen LogP contribution < -0.4 is 10.6 Å². The highest BCUT2D eigenvalue weighted by Crippen LogP contribution is 2.17. The Morgan fingerprint density at radius 3 is 2.45 bits per heavy atom. The molecule has 1 aromatic rings. The van der Waals surface area contributed by atoms with Crippen LogP contribution in [0.3, 0.4) is 0 Å². The molecule has 0 radical (unpaired) electrons. The molecule has 0 aliphatic rings. The Balaban J connectivity index is 2.79. The molecule has 2 N–H and O–H groups in total. The van der Waals surface area contributed by atoms with E-state index in [-0.39, 0.29) is 23.5 Å². The van der Waals surface area contributed by atoms with Crippen molar-refractivity contribution < 1.29 is 13.2 Å². The summed E-state index contributed by atoms with van der Waals surface area (Å²) in [5, 5.41) is 5.44. The summed E-state index contributed by atoms with van der Waals surface area (Å²) in [5.74, 6) is 0. The molecule has 0 spiro atoms. The number of carbonyl (C=O) groups is 1. The molecule has 1 rings (SSSR count). The van der Waals surface area contributed by atoms with Gasteiger partial charge in [0.2, 0.25) is 10.0 Å². The van der Waals surface area contributed by atoms with E-state index in [2.05, 4.69) is 17.2 Å². The number of benzene rings is 1. The van der Waals surface area contributed by atoms with Crippen molar-refractivity contribution in [1.29, 1.82) is 0 Å². The molecule has 0 aliphatic heterocycles. The molecular formula is C15H23N3O3S. The first kappa shape index (κ1) is 18.2. The van der Waals surface area contributed by atoms with Gasteiger partial charge in [-0.05, 0) is 37.6 Å². The van der Waals surface area contributed by atoms with Gasteiger partial charge in [-0.15, -0.1) is 6.58 Å². The van der Waals surface area contributed by atoms with Gasteiger partial charge in [0.25, 0.3) is 0 Å². The quantitative estimate of drug-likeness (QED) is 0.756. The summed E-state index contributed by atoms with van der Waals surface area (Å²) in [6, 6.07) is 5.82. The third-order valence-corrected chi connectivity index (χ3v) is 5.03. The number of amides is 2. The Bertz CT molecular complexity index is 611. The molecule has 0 aromatic heterocycles. The largest absolute Gasteiger partial charge is 0.335 e. The van der Waals surface area contributed by atoms with E-state index < -0.39 is 10.0 Å². The number of anilines is 1. The van der Waals surface area contributed by atoms with Crippen LogP contribution in [0, 0.1) is 0 Å². The van der Waals surface area contributed by atoms with E-state index >= 15 is 0 Å². The monoisotopic (exact) mass is 325 g/mol. The Hall–Kier alpha value is -1.86. The van der Waals surface area contributed by atoms with Gasteiger partial charge in [-0.2, -0.15) is 4.31 Å². The molecule has 0 heterocycles. The van der Waals surface area contributed by atoms with Crippen LogP contribution in [-0.2, 0) is 10.0 Å². The molecule has 22 heavy (non-hydrogen) atoms. The fraction of sp³-hybridized carbons (Fsp3) is 0.400. The van der Waals surface area contributed by atoms with Gasteiger partial charge < -0.3 is 10.6 Å². The number of hydrogen-bond donors (Lipinski definition) is 2. The highest BCUT2D eigenvalue weighted by atomic mass is 32.2. The van der Waals surface area contributed by atoms with Gasteiger partial charge in [-0.1, -0.05) is 13.0 Å². The molecular weight excluding hydrogens is 302 g/mol. The Labute approximate surface area is 132 Å². The zero-order valence-corrected chi connectivity index (χ0v) is 14.0. The van der Waals surface area contributed by atoms with Crippen molar-refractivity contribution in [1.82, 2.24) is 9.62 Å². The van der Waals surface area contributed by atoms with Crippen molar-refractivity contribution in [2.24, 2.45) is 0 Å². The van der Waals surface area contributed by atoms with E-state index in [0.717, 1.165) is 6.42 Å². The van der Waals surface area contributed by atoms with E-state index in [0.29, 0.717) is 5.69 Å². The van der Waals surface area contributed by atoms with Crippen LogP contribution in [-0.4, -0.2) is 38.4 Å². The van der Waals surface area contributed by atoms with Crippen molar-refractivity contribution in [3.63, 3.8) is 0 Å². The predicted molar refractivity (Wildman–Crippen MR) is 88.4 cm³/mol. The first-order valence-corrected chi connectivity index (χ1v) is 8.50. The van der Waals surface area contributed by atoms with Crippen molar-refractivity contribution in [2.75, 3.05) is 18.9 Å². The number of hydrogen-bond acceptors (Lipinski definition) is 3. The number of rotatable bonds is 7. The lowest BCUT2D eigenvalue weighted by atomic mass is 10.3. The minimum absolute atomic E-state index is 0.0761. The Morgan fingerprint density at radius 2 is 1.95 bits per heavy atom. The summed E-state index contributed by atoms with van der Waals surface area (Å²) in [6.45, 7) is 7.64. The van der Waals surface area contributed by atoms with Crippen LogP contribution >= 0.6 is 0 Å². The van der Waals surface area contributed by atoms with Crippen LogP contribution in [0.25, 0.3) is 0 Å². The van der Waals surface area contributed by atoms with Gasteiger partial charge in [0, 0.05) is 25.3 Å². The first-order chi connectivity index (χ1) is 10.3.